The molecular weight excluding hydrogens is 414 g/mol. The van der Waals surface area contributed by atoms with Gasteiger partial charge >= 0.3 is 0 Å². The number of aliphatic hydroxyl groups excluding tert-OH is 1. The quantitative estimate of drug-likeness (QED) is 0.321. The molecule has 174 valence electrons. The molecule has 4 N–H and O–H groups in total. The van der Waals surface area contributed by atoms with Gasteiger partial charge in [-0.15, -0.1) is 0 Å². The highest BCUT2D eigenvalue weighted by atomic mass is 16.5. The van der Waals surface area contributed by atoms with Crippen molar-refractivity contribution in [2.45, 2.75) is 31.7 Å². The van der Waals surface area contributed by atoms with Gasteiger partial charge < -0.3 is 20.5 Å². The van der Waals surface area contributed by atoms with Crippen LogP contribution >= 0.6 is 0 Å². The summed E-state index contributed by atoms with van der Waals surface area (Å²) in [6.45, 7) is 3.39. The third kappa shape index (κ3) is 6.89. The number of benzene rings is 3. The highest BCUT2D eigenvalue weighted by Crippen LogP contribution is 2.18. The Morgan fingerprint density at radius 2 is 1.64 bits per heavy atom. The summed E-state index contributed by atoms with van der Waals surface area (Å²) in [5, 5.41) is 21.2. The molecule has 0 aliphatic carbocycles. The predicted molar refractivity (Wildman–Crippen MR) is 131 cm³/mol. The molecule has 0 unspecified atom stereocenters. The molecule has 0 aliphatic rings. The molecule has 0 spiro atoms. The maximum Gasteiger partial charge on any atom is 0.252 e. The first-order valence-electron chi connectivity index (χ1n) is 11.2. The number of hydrogen-bond acceptors (Lipinski definition) is 5. The van der Waals surface area contributed by atoms with Gasteiger partial charge in [-0.05, 0) is 41.9 Å². The van der Waals surface area contributed by atoms with E-state index in [0.29, 0.717) is 25.1 Å². The van der Waals surface area contributed by atoms with Gasteiger partial charge in [0.2, 0.25) is 0 Å². The van der Waals surface area contributed by atoms with Crippen LogP contribution in [0, 0.1) is 0 Å². The van der Waals surface area contributed by atoms with Crippen molar-refractivity contribution in [3.63, 3.8) is 0 Å². The molecular formula is C27H33N3O3. The van der Waals surface area contributed by atoms with E-state index in [1.807, 2.05) is 79.7 Å². The molecule has 3 aromatic rings. The lowest BCUT2D eigenvalue weighted by Gasteiger charge is -2.40. The van der Waals surface area contributed by atoms with Crippen LogP contribution in [0.1, 0.15) is 28.4 Å². The second-order valence-electron chi connectivity index (χ2n) is 7.98. The van der Waals surface area contributed by atoms with Gasteiger partial charge in [-0.3, -0.25) is 10.1 Å². The van der Waals surface area contributed by atoms with Crippen LogP contribution in [0.25, 0.3) is 0 Å². The lowest BCUT2D eigenvalue weighted by Crippen LogP contribution is -2.69. The second-order valence-corrected chi connectivity index (χ2v) is 7.98. The van der Waals surface area contributed by atoms with Crippen molar-refractivity contribution < 1.29 is 14.6 Å². The highest BCUT2D eigenvalue weighted by Gasteiger charge is 2.39. The largest absolute Gasteiger partial charge is 0.497 e. The van der Waals surface area contributed by atoms with Gasteiger partial charge in [0.05, 0.1) is 7.11 Å². The molecule has 0 radical (unpaired) electrons. The van der Waals surface area contributed by atoms with Crippen LogP contribution in [0.5, 0.6) is 5.75 Å². The fourth-order valence-electron chi connectivity index (χ4n) is 3.88. The standard InChI is InChI=1S/C27H33N3O3/c1-3-29-27(18-21-11-6-4-7-12-21,30-26(32)23-14-8-5-9-15-23)25(31)20-28-19-22-13-10-16-24(17-22)33-2/h4-17,25,28-29,31H,3,18-20H2,1-2H3,(H,30,32)/t25-,27+/m1/s1. The van der Waals surface area contributed by atoms with E-state index < -0.39 is 11.8 Å². The summed E-state index contributed by atoms with van der Waals surface area (Å²) in [6, 6.07) is 26.7. The Morgan fingerprint density at radius 1 is 0.970 bits per heavy atom. The average molecular weight is 448 g/mol. The summed E-state index contributed by atoms with van der Waals surface area (Å²) in [4.78, 5) is 13.1. The number of aliphatic hydroxyl groups is 1. The normalized spacial score (nSPS) is 13.7. The SMILES string of the molecule is CCN[C@@](Cc1ccccc1)(NC(=O)c1ccccc1)[C@H](O)CNCc1cccc(OC)c1. The zero-order chi connectivity index (χ0) is 23.5. The van der Waals surface area contributed by atoms with E-state index in [9.17, 15) is 9.90 Å². The Hall–Kier alpha value is -3.19. The van der Waals surface area contributed by atoms with Crippen molar-refractivity contribution in [3.05, 3.63) is 102 Å². The summed E-state index contributed by atoms with van der Waals surface area (Å²) in [7, 11) is 1.64. The Morgan fingerprint density at radius 3 is 2.30 bits per heavy atom. The fraction of sp³-hybridized carbons (Fsp3) is 0.296. The van der Waals surface area contributed by atoms with Crippen molar-refractivity contribution in [2.75, 3.05) is 20.2 Å². The molecule has 0 saturated carbocycles. The van der Waals surface area contributed by atoms with Gasteiger partial charge in [-0.1, -0.05) is 67.6 Å². The predicted octanol–water partition coefficient (Wildman–Crippen LogP) is 3.12. The molecule has 0 aliphatic heterocycles. The minimum atomic E-state index is -1.05. The topological polar surface area (TPSA) is 82.6 Å². The van der Waals surface area contributed by atoms with E-state index in [2.05, 4.69) is 16.0 Å². The van der Waals surface area contributed by atoms with E-state index in [4.69, 9.17) is 4.74 Å². The van der Waals surface area contributed by atoms with Crippen LogP contribution in [0.4, 0.5) is 0 Å². The molecule has 2 atom stereocenters. The zero-order valence-corrected chi connectivity index (χ0v) is 19.3. The minimum absolute atomic E-state index is 0.237. The first-order chi connectivity index (χ1) is 16.1. The Kier molecular flexibility index (Phi) is 9.01. The van der Waals surface area contributed by atoms with E-state index in [-0.39, 0.29) is 12.5 Å². The molecule has 33 heavy (non-hydrogen) atoms. The van der Waals surface area contributed by atoms with Gasteiger partial charge in [0.25, 0.3) is 5.91 Å². The molecule has 3 rings (SSSR count). The first kappa shape index (κ1) is 24.5. The van der Waals surface area contributed by atoms with Gasteiger partial charge in [0.1, 0.15) is 17.5 Å². The smallest absolute Gasteiger partial charge is 0.252 e. The van der Waals surface area contributed by atoms with Crippen LogP contribution in [0.3, 0.4) is 0 Å². The number of carbonyl (C=O) groups is 1. The number of nitrogens with one attached hydrogen (secondary N) is 3. The van der Waals surface area contributed by atoms with E-state index in [1.54, 1.807) is 19.2 Å². The lowest BCUT2D eigenvalue weighted by atomic mass is 9.92. The van der Waals surface area contributed by atoms with Crippen LogP contribution in [-0.4, -0.2) is 43.0 Å². The Balaban J connectivity index is 1.79. The van der Waals surface area contributed by atoms with Crippen LogP contribution in [-0.2, 0) is 13.0 Å². The molecule has 0 saturated heterocycles. The summed E-state index contributed by atoms with van der Waals surface area (Å²) < 4.78 is 5.29. The van der Waals surface area contributed by atoms with E-state index in [0.717, 1.165) is 16.9 Å². The molecule has 0 fully saturated rings. The van der Waals surface area contributed by atoms with Gasteiger partial charge in [-0.2, -0.15) is 0 Å². The minimum Gasteiger partial charge on any atom is -0.497 e. The zero-order valence-electron chi connectivity index (χ0n) is 19.3. The van der Waals surface area contributed by atoms with Gasteiger partial charge in [0, 0.05) is 25.1 Å². The first-order valence-corrected chi connectivity index (χ1v) is 11.2. The van der Waals surface area contributed by atoms with Crippen molar-refractivity contribution in [1.82, 2.24) is 16.0 Å². The van der Waals surface area contributed by atoms with Crippen molar-refractivity contribution in [2.24, 2.45) is 0 Å². The Labute approximate surface area is 196 Å². The molecule has 0 aromatic heterocycles. The molecule has 0 heterocycles. The summed E-state index contributed by atoms with van der Waals surface area (Å²) >= 11 is 0. The van der Waals surface area contributed by atoms with E-state index in [1.165, 1.54) is 0 Å². The van der Waals surface area contributed by atoms with Gasteiger partial charge in [0.15, 0.2) is 0 Å². The number of amides is 1. The van der Waals surface area contributed by atoms with E-state index >= 15 is 0 Å². The third-order valence-corrected chi connectivity index (χ3v) is 5.56. The third-order valence-electron chi connectivity index (χ3n) is 5.56. The number of ether oxygens (including phenoxy) is 1. The monoisotopic (exact) mass is 447 g/mol. The molecule has 6 heteroatoms. The fourth-order valence-corrected chi connectivity index (χ4v) is 3.88. The summed E-state index contributed by atoms with van der Waals surface area (Å²) in [5.41, 5.74) is 1.56. The second kappa shape index (κ2) is 12.2. The number of rotatable bonds is 12. The number of likely N-dealkylation sites (N-methyl/N-ethyl adjacent to an activating group) is 1. The maximum absolute atomic E-state index is 13.1. The molecule has 0 bridgehead atoms. The number of carbonyl (C=O) groups excluding carboxylic acids is 1. The highest BCUT2D eigenvalue weighted by molar-refractivity contribution is 5.94. The maximum atomic E-state index is 13.1. The van der Waals surface area contributed by atoms with Crippen LogP contribution in [0.2, 0.25) is 0 Å². The number of methoxy groups -OCH3 is 1. The lowest BCUT2D eigenvalue weighted by molar-refractivity contribution is 0.0326. The van der Waals surface area contributed by atoms with Crippen molar-refractivity contribution in [3.8, 4) is 5.75 Å². The van der Waals surface area contributed by atoms with Crippen molar-refractivity contribution >= 4 is 5.91 Å². The summed E-state index contributed by atoms with van der Waals surface area (Å²) in [6.07, 6.45) is -0.460. The van der Waals surface area contributed by atoms with Crippen molar-refractivity contribution in [1.29, 1.82) is 0 Å². The van der Waals surface area contributed by atoms with Gasteiger partial charge in [-0.25, -0.2) is 0 Å². The summed E-state index contributed by atoms with van der Waals surface area (Å²) in [5.74, 6) is 0.551. The van der Waals surface area contributed by atoms with Crippen LogP contribution in [0.15, 0.2) is 84.9 Å². The molecule has 6 nitrogen and oxygen atoms in total. The van der Waals surface area contributed by atoms with Crippen LogP contribution < -0.4 is 20.7 Å². The average Bonchev–Trinajstić information content (AvgIpc) is 2.85. The molecule has 3 aromatic carbocycles. The molecule has 1 amide bonds. The Bertz CT molecular complexity index is 998. The number of hydrogen-bond donors (Lipinski definition) is 4.